The van der Waals surface area contributed by atoms with Crippen molar-refractivity contribution < 1.29 is 13.9 Å². The van der Waals surface area contributed by atoms with Crippen LogP contribution in [0, 0.1) is 5.82 Å². The van der Waals surface area contributed by atoms with Crippen LogP contribution in [-0.4, -0.2) is 44.4 Å². The molecule has 100 valence electrons. The molecule has 2 N–H and O–H groups in total. The SMILES string of the molecule is NCc1cc(F)ccc1OCCN1CCOCC1. The monoisotopic (exact) mass is 254 g/mol. The quantitative estimate of drug-likeness (QED) is 0.851. The number of nitrogens with two attached hydrogens (primary N) is 1. The summed E-state index contributed by atoms with van der Waals surface area (Å²) in [6, 6.07) is 4.45. The number of ether oxygens (including phenoxy) is 2. The zero-order valence-corrected chi connectivity index (χ0v) is 10.4. The van der Waals surface area contributed by atoms with E-state index in [4.69, 9.17) is 15.2 Å². The second kappa shape index (κ2) is 6.68. The first-order chi connectivity index (χ1) is 8.79. The van der Waals surface area contributed by atoms with Gasteiger partial charge in [0.2, 0.25) is 0 Å². The van der Waals surface area contributed by atoms with Gasteiger partial charge in [-0.1, -0.05) is 0 Å². The van der Waals surface area contributed by atoms with Crippen LogP contribution in [0.3, 0.4) is 0 Å². The number of hydrogen-bond acceptors (Lipinski definition) is 4. The predicted molar refractivity (Wildman–Crippen MR) is 67.0 cm³/mol. The Morgan fingerprint density at radius 2 is 2.11 bits per heavy atom. The lowest BCUT2D eigenvalue weighted by atomic mass is 10.2. The molecule has 5 heteroatoms. The minimum Gasteiger partial charge on any atom is -0.492 e. The number of morpholine rings is 1. The molecule has 0 unspecified atom stereocenters. The van der Waals surface area contributed by atoms with Crippen LogP contribution in [0.2, 0.25) is 0 Å². The van der Waals surface area contributed by atoms with Crippen molar-refractivity contribution in [2.45, 2.75) is 6.54 Å². The third-order valence-corrected chi connectivity index (χ3v) is 3.01. The first kappa shape index (κ1) is 13.3. The molecule has 0 radical (unpaired) electrons. The summed E-state index contributed by atoms with van der Waals surface area (Å²) >= 11 is 0. The van der Waals surface area contributed by atoms with E-state index in [2.05, 4.69) is 4.90 Å². The minimum atomic E-state index is -0.282. The topological polar surface area (TPSA) is 47.7 Å². The molecule has 0 bridgehead atoms. The van der Waals surface area contributed by atoms with Gasteiger partial charge in [-0.3, -0.25) is 4.90 Å². The molecule has 1 fully saturated rings. The lowest BCUT2D eigenvalue weighted by Crippen LogP contribution is -2.38. The molecule has 0 atom stereocenters. The van der Waals surface area contributed by atoms with Crippen molar-refractivity contribution in [3.05, 3.63) is 29.6 Å². The predicted octanol–water partition coefficient (Wildman–Crippen LogP) is 0.995. The Bertz CT molecular complexity index is 381. The Morgan fingerprint density at radius 3 is 2.83 bits per heavy atom. The van der Waals surface area contributed by atoms with E-state index in [0.29, 0.717) is 17.9 Å². The van der Waals surface area contributed by atoms with E-state index in [1.807, 2.05) is 0 Å². The second-order valence-electron chi connectivity index (χ2n) is 4.26. The lowest BCUT2D eigenvalue weighted by Gasteiger charge is -2.26. The first-order valence-electron chi connectivity index (χ1n) is 6.21. The zero-order chi connectivity index (χ0) is 12.8. The van der Waals surface area contributed by atoms with Crippen LogP contribution in [0.15, 0.2) is 18.2 Å². The summed E-state index contributed by atoms with van der Waals surface area (Å²) in [6.45, 7) is 5.16. The number of halogens is 1. The third kappa shape index (κ3) is 3.66. The van der Waals surface area contributed by atoms with Gasteiger partial charge >= 0.3 is 0 Å². The van der Waals surface area contributed by atoms with Crippen molar-refractivity contribution in [3.8, 4) is 5.75 Å². The van der Waals surface area contributed by atoms with E-state index in [0.717, 1.165) is 32.8 Å². The molecule has 0 spiro atoms. The number of rotatable bonds is 5. The first-order valence-corrected chi connectivity index (χ1v) is 6.21. The van der Waals surface area contributed by atoms with Gasteiger partial charge in [-0.2, -0.15) is 0 Å². The van der Waals surface area contributed by atoms with Gasteiger partial charge in [0.15, 0.2) is 0 Å². The van der Waals surface area contributed by atoms with Crippen LogP contribution in [0.4, 0.5) is 4.39 Å². The van der Waals surface area contributed by atoms with Gasteiger partial charge in [-0.25, -0.2) is 4.39 Å². The zero-order valence-electron chi connectivity index (χ0n) is 10.4. The van der Waals surface area contributed by atoms with Crippen LogP contribution in [-0.2, 0) is 11.3 Å². The molecule has 1 saturated heterocycles. The number of hydrogen-bond donors (Lipinski definition) is 1. The van der Waals surface area contributed by atoms with Gasteiger partial charge in [-0.15, -0.1) is 0 Å². The van der Waals surface area contributed by atoms with Crippen LogP contribution in [0.1, 0.15) is 5.56 Å². The van der Waals surface area contributed by atoms with Gasteiger partial charge < -0.3 is 15.2 Å². The molecular formula is C13H19FN2O2. The molecule has 1 aromatic carbocycles. The second-order valence-corrected chi connectivity index (χ2v) is 4.26. The maximum atomic E-state index is 13.0. The third-order valence-electron chi connectivity index (χ3n) is 3.01. The average molecular weight is 254 g/mol. The van der Waals surface area contributed by atoms with E-state index >= 15 is 0 Å². The molecule has 1 heterocycles. The van der Waals surface area contributed by atoms with Crippen molar-refractivity contribution in [3.63, 3.8) is 0 Å². The fourth-order valence-corrected chi connectivity index (χ4v) is 1.96. The van der Waals surface area contributed by atoms with E-state index in [-0.39, 0.29) is 12.4 Å². The summed E-state index contributed by atoms with van der Waals surface area (Å²) in [5.74, 6) is 0.392. The lowest BCUT2D eigenvalue weighted by molar-refractivity contribution is 0.0322. The normalized spacial score (nSPS) is 16.8. The molecule has 18 heavy (non-hydrogen) atoms. The number of benzene rings is 1. The molecule has 0 saturated carbocycles. The highest BCUT2D eigenvalue weighted by molar-refractivity contribution is 5.33. The summed E-state index contributed by atoms with van der Waals surface area (Å²) in [4.78, 5) is 2.29. The average Bonchev–Trinajstić information content (AvgIpc) is 2.41. The molecule has 0 amide bonds. The Labute approximate surface area is 106 Å². The summed E-state index contributed by atoms with van der Waals surface area (Å²) in [7, 11) is 0. The Kier molecular flexibility index (Phi) is 4.92. The molecule has 0 aromatic heterocycles. The van der Waals surface area contributed by atoms with Crippen LogP contribution in [0.25, 0.3) is 0 Å². The van der Waals surface area contributed by atoms with Crippen molar-refractivity contribution in [1.29, 1.82) is 0 Å². The smallest absolute Gasteiger partial charge is 0.124 e. The summed E-state index contributed by atoms with van der Waals surface area (Å²) in [6.07, 6.45) is 0. The van der Waals surface area contributed by atoms with Gasteiger partial charge in [0.25, 0.3) is 0 Å². The summed E-state index contributed by atoms with van der Waals surface area (Å²) in [5.41, 5.74) is 6.27. The highest BCUT2D eigenvalue weighted by atomic mass is 19.1. The molecule has 1 aliphatic heterocycles. The van der Waals surface area contributed by atoms with Gasteiger partial charge in [0.05, 0.1) is 13.2 Å². The largest absolute Gasteiger partial charge is 0.492 e. The highest BCUT2D eigenvalue weighted by Gasteiger charge is 2.10. The highest BCUT2D eigenvalue weighted by Crippen LogP contribution is 2.19. The van der Waals surface area contributed by atoms with Crippen molar-refractivity contribution in [2.75, 3.05) is 39.5 Å². The summed E-state index contributed by atoms with van der Waals surface area (Å²) in [5, 5.41) is 0. The fraction of sp³-hybridized carbons (Fsp3) is 0.538. The summed E-state index contributed by atoms with van der Waals surface area (Å²) < 4.78 is 23.9. The molecule has 0 aliphatic carbocycles. The van der Waals surface area contributed by atoms with Crippen molar-refractivity contribution >= 4 is 0 Å². The van der Waals surface area contributed by atoms with Crippen molar-refractivity contribution in [2.24, 2.45) is 5.73 Å². The fourth-order valence-electron chi connectivity index (χ4n) is 1.96. The van der Waals surface area contributed by atoms with E-state index in [1.54, 1.807) is 6.07 Å². The van der Waals surface area contributed by atoms with Gasteiger partial charge in [-0.05, 0) is 18.2 Å². The van der Waals surface area contributed by atoms with E-state index in [9.17, 15) is 4.39 Å². The van der Waals surface area contributed by atoms with Gasteiger partial charge in [0.1, 0.15) is 18.2 Å². The van der Waals surface area contributed by atoms with Crippen LogP contribution in [0.5, 0.6) is 5.75 Å². The Hall–Kier alpha value is -1.17. The molecule has 1 aromatic rings. The standard InChI is InChI=1S/C13H19FN2O2/c14-12-1-2-13(11(9-12)10-15)18-8-5-16-3-6-17-7-4-16/h1-2,9H,3-8,10,15H2. The number of nitrogens with zero attached hydrogens (tertiary/aromatic N) is 1. The van der Waals surface area contributed by atoms with Gasteiger partial charge in [0, 0.05) is 31.7 Å². The van der Waals surface area contributed by atoms with Crippen LogP contribution >= 0.6 is 0 Å². The van der Waals surface area contributed by atoms with Crippen molar-refractivity contribution in [1.82, 2.24) is 4.90 Å². The van der Waals surface area contributed by atoms with E-state index in [1.165, 1.54) is 12.1 Å². The van der Waals surface area contributed by atoms with Crippen LogP contribution < -0.4 is 10.5 Å². The maximum Gasteiger partial charge on any atom is 0.124 e. The molecule has 2 rings (SSSR count). The molecule has 1 aliphatic rings. The maximum absolute atomic E-state index is 13.0. The molecule has 4 nitrogen and oxygen atoms in total. The Balaban J connectivity index is 1.82. The Morgan fingerprint density at radius 1 is 1.33 bits per heavy atom. The van der Waals surface area contributed by atoms with E-state index < -0.39 is 0 Å². The molecular weight excluding hydrogens is 235 g/mol. The minimum absolute atomic E-state index is 0.282.